The first-order valence-corrected chi connectivity index (χ1v) is 11.3. The van der Waals surface area contributed by atoms with E-state index in [4.69, 9.17) is 11.6 Å². The maximum Gasteiger partial charge on any atom is 0.337 e. The molecule has 0 saturated carbocycles. The van der Waals surface area contributed by atoms with E-state index in [1.807, 2.05) is 6.92 Å². The molecule has 36 heavy (non-hydrogen) atoms. The van der Waals surface area contributed by atoms with Crippen LogP contribution in [0.25, 0.3) is 0 Å². The fraction of sp³-hybridized carbons (Fsp3) is 0.111. The lowest BCUT2D eigenvalue weighted by atomic mass is 10.1. The third-order valence-corrected chi connectivity index (χ3v) is 5.99. The van der Waals surface area contributed by atoms with Crippen LogP contribution in [-0.4, -0.2) is 30.8 Å². The Balaban J connectivity index is 1.53. The minimum Gasteiger partial charge on any atom is -0.465 e. The Morgan fingerprint density at radius 1 is 0.861 bits per heavy atom. The van der Waals surface area contributed by atoms with Crippen molar-refractivity contribution in [3.8, 4) is 0 Å². The van der Waals surface area contributed by atoms with Crippen molar-refractivity contribution < 1.29 is 23.9 Å². The number of imide groups is 1. The number of hydrogen-bond acceptors (Lipinski definition) is 6. The van der Waals surface area contributed by atoms with Gasteiger partial charge in [0.05, 0.1) is 18.4 Å². The van der Waals surface area contributed by atoms with Gasteiger partial charge in [0.2, 0.25) is 0 Å². The minimum atomic E-state index is -0.630. The number of ether oxygens (including phenoxy) is 1. The summed E-state index contributed by atoms with van der Waals surface area (Å²) < 4.78 is 4.67. The molecule has 1 aliphatic heterocycles. The molecule has 0 spiro atoms. The van der Waals surface area contributed by atoms with Gasteiger partial charge in [0.1, 0.15) is 10.7 Å². The van der Waals surface area contributed by atoms with Gasteiger partial charge in [-0.25, -0.2) is 9.69 Å². The number of nitrogens with zero attached hydrogens (tertiary/aromatic N) is 1. The fourth-order valence-electron chi connectivity index (χ4n) is 3.58. The minimum absolute atomic E-state index is 0.0682. The van der Waals surface area contributed by atoms with Crippen molar-refractivity contribution in [1.29, 1.82) is 0 Å². The molecule has 0 fully saturated rings. The first-order chi connectivity index (χ1) is 17.2. The van der Waals surface area contributed by atoms with Crippen molar-refractivity contribution in [3.05, 3.63) is 99.7 Å². The lowest BCUT2D eigenvalue weighted by Gasteiger charge is -2.16. The second kappa shape index (κ2) is 10.1. The molecular formula is C27H22ClN3O5. The van der Waals surface area contributed by atoms with Crippen molar-refractivity contribution in [3.63, 3.8) is 0 Å². The summed E-state index contributed by atoms with van der Waals surface area (Å²) in [5.41, 5.74) is 3.67. The number of nitrogens with one attached hydrogen (secondary N) is 2. The van der Waals surface area contributed by atoms with E-state index in [0.29, 0.717) is 28.2 Å². The molecule has 3 aromatic carbocycles. The molecule has 182 valence electrons. The monoisotopic (exact) mass is 503 g/mol. The summed E-state index contributed by atoms with van der Waals surface area (Å²) in [5, 5.41) is 5.46. The van der Waals surface area contributed by atoms with E-state index in [9.17, 15) is 19.2 Å². The predicted molar refractivity (Wildman–Crippen MR) is 137 cm³/mol. The first kappa shape index (κ1) is 24.7. The summed E-state index contributed by atoms with van der Waals surface area (Å²) in [6.45, 7) is 3.70. The number of esters is 1. The SMILES string of the molecule is COC(=O)c1ccc(NC(=O)c2ccc(C)c(NC3=C(Cl)C(=O)N(c4ccc(C)cc4)C3=O)c2)cc1. The fourth-order valence-corrected chi connectivity index (χ4v) is 3.80. The highest BCUT2D eigenvalue weighted by atomic mass is 35.5. The highest BCUT2D eigenvalue weighted by Gasteiger charge is 2.39. The molecule has 8 nitrogen and oxygen atoms in total. The number of hydrogen-bond donors (Lipinski definition) is 2. The highest BCUT2D eigenvalue weighted by Crippen LogP contribution is 2.31. The number of methoxy groups -OCH3 is 1. The van der Waals surface area contributed by atoms with Crippen molar-refractivity contribution in [2.24, 2.45) is 0 Å². The van der Waals surface area contributed by atoms with Gasteiger partial charge in [0.15, 0.2) is 0 Å². The molecule has 3 aromatic rings. The predicted octanol–water partition coefficient (Wildman–Crippen LogP) is 4.78. The molecule has 4 rings (SSSR count). The molecular weight excluding hydrogens is 482 g/mol. The van der Waals surface area contributed by atoms with Crippen molar-refractivity contribution in [2.75, 3.05) is 22.6 Å². The smallest absolute Gasteiger partial charge is 0.337 e. The van der Waals surface area contributed by atoms with Crippen LogP contribution < -0.4 is 15.5 Å². The van der Waals surface area contributed by atoms with E-state index < -0.39 is 23.7 Å². The Bertz CT molecular complexity index is 1410. The molecule has 9 heteroatoms. The number of carbonyl (C=O) groups excluding carboxylic acids is 4. The average molecular weight is 504 g/mol. The molecule has 0 bridgehead atoms. The van der Waals surface area contributed by atoms with Gasteiger partial charge in [-0.15, -0.1) is 0 Å². The summed E-state index contributed by atoms with van der Waals surface area (Å²) in [6.07, 6.45) is 0. The van der Waals surface area contributed by atoms with Crippen LogP contribution in [0.2, 0.25) is 0 Å². The molecule has 0 aliphatic carbocycles. The van der Waals surface area contributed by atoms with Crippen molar-refractivity contribution in [1.82, 2.24) is 0 Å². The summed E-state index contributed by atoms with van der Waals surface area (Å²) in [6, 6.07) is 18.1. The zero-order valence-electron chi connectivity index (χ0n) is 19.7. The third-order valence-electron chi connectivity index (χ3n) is 5.64. The Morgan fingerprint density at radius 2 is 1.50 bits per heavy atom. The van der Waals surface area contributed by atoms with Crippen molar-refractivity contribution >= 4 is 52.4 Å². The summed E-state index contributed by atoms with van der Waals surface area (Å²) in [5.74, 6) is -2.10. The van der Waals surface area contributed by atoms with Crippen LogP contribution in [0.1, 0.15) is 31.8 Å². The number of benzene rings is 3. The van der Waals surface area contributed by atoms with Crippen LogP contribution in [-0.2, 0) is 14.3 Å². The Hall–Kier alpha value is -4.43. The standard InChI is InChI=1S/C27H22ClN3O5/c1-15-4-12-20(13-5-15)31-25(33)22(28)23(26(31)34)30-21-14-18(7-6-16(21)2)24(32)29-19-10-8-17(9-11-19)27(35)36-3/h4-14,30H,1-3H3,(H,29,32). The van der Waals surface area contributed by atoms with Gasteiger partial charge in [-0.2, -0.15) is 0 Å². The topological polar surface area (TPSA) is 105 Å². The van der Waals surface area contributed by atoms with Crippen LogP contribution in [0, 0.1) is 13.8 Å². The number of halogens is 1. The molecule has 1 heterocycles. The molecule has 0 saturated heterocycles. The van der Waals surface area contributed by atoms with Crippen LogP contribution in [0.15, 0.2) is 77.5 Å². The van der Waals surface area contributed by atoms with Gasteiger partial charge in [0.25, 0.3) is 17.7 Å². The number of aryl methyl sites for hydroxylation is 2. The maximum atomic E-state index is 13.1. The first-order valence-electron chi connectivity index (χ1n) is 10.9. The van der Waals surface area contributed by atoms with Crippen LogP contribution in [0.3, 0.4) is 0 Å². The van der Waals surface area contributed by atoms with E-state index in [1.54, 1.807) is 73.7 Å². The third kappa shape index (κ3) is 4.85. The number of rotatable bonds is 6. The molecule has 2 N–H and O–H groups in total. The maximum absolute atomic E-state index is 13.1. The van der Waals surface area contributed by atoms with Crippen LogP contribution >= 0.6 is 11.6 Å². The summed E-state index contributed by atoms with van der Waals surface area (Å²) >= 11 is 6.25. The highest BCUT2D eigenvalue weighted by molar-refractivity contribution is 6.53. The van der Waals surface area contributed by atoms with Crippen LogP contribution in [0.5, 0.6) is 0 Å². The van der Waals surface area contributed by atoms with E-state index >= 15 is 0 Å². The zero-order chi connectivity index (χ0) is 26.0. The van der Waals surface area contributed by atoms with E-state index in [-0.39, 0.29) is 10.7 Å². The van der Waals surface area contributed by atoms with E-state index in [0.717, 1.165) is 16.0 Å². The number of amides is 3. The second-order valence-corrected chi connectivity index (χ2v) is 8.53. The Morgan fingerprint density at radius 3 is 2.14 bits per heavy atom. The molecule has 0 radical (unpaired) electrons. The molecule has 3 amide bonds. The second-order valence-electron chi connectivity index (χ2n) is 8.15. The van der Waals surface area contributed by atoms with Crippen molar-refractivity contribution in [2.45, 2.75) is 13.8 Å². The Kier molecular flexibility index (Phi) is 6.89. The largest absolute Gasteiger partial charge is 0.465 e. The average Bonchev–Trinajstić information content (AvgIpc) is 3.08. The quantitative estimate of drug-likeness (QED) is 0.370. The molecule has 1 aliphatic rings. The van der Waals surface area contributed by atoms with Gasteiger partial charge in [0, 0.05) is 16.9 Å². The van der Waals surface area contributed by atoms with Gasteiger partial charge < -0.3 is 15.4 Å². The summed E-state index contributed by atoms with van der Waals surface area (Å²) in [7, 11) is 1.29. The number of carbonyl (C=O) groups is 4. The molecule has 0 atom stereocenters. The summed E-state index contributed by atoms with van der Waals surface area (Å²) in [4.78, 5) is 51.2. The van der Waals surface area contributed by atoms with Gasteiger partial charge >= 0.3 is 5.97 Å². The normalized spacial score (nSPS) is 13.2. The van der Waals surface area contributed by atoms with Gasteiger partial charge in [-0.1, -0.05) is 35.4 Å². The van der Waals surface area contributed by atoms with Crippen LogP contribution in [0.4, 0.5) is 17.1 Å². The molecule has 0 aromatic heterocycles. The lowest BCUT2D eigenvalue weighted by Crippen LogP contribution is -2.32. The van der Waals surface area contributed by atoms with E-state index in [2.05, 4.69) is 15.4 Å². The van der Waals surface area contributed by atoms with Gasteiger partial charge in [-0.05, 0) is 67.9 Å². The lowest BCUT2D eigenvalue weighted by molar-refractivity contribution is -0.120. The number of anilines is 3. The van der Waals surface area contributed by atoms with Gasteiger partial charge in [-0.3, -0.25) is 14.4 Å². The Labute approximate surface area is 212 Å². The van der Waals surface area contributed by atoms with E-state index in [1.165, 1.54) is 7.11 Å². The molecule has 0 unspecified atom stereocenters. The zero-order valence-corrected chi connectivity index (χ0v) is 20.5.